The average Bonchev–Trinajstić information content (AvgIpc) is 2.24. The van der Waals surface area contributed by atoms with Gasteiger partial charge in [-0.1, -0.05) is 23.2 Å². The summed E-state index contributed by atoms with van der Waals surface area (Å²) in [6, 6.07) is 1.60. The third-order valence-electron chi connectivity index (χ3n) is 1.89. The van der Waals surface area contributed by atoms with Crippen molar-refractivity contribution in [1.82, 2.24) is 10.3 Å². The number of pyridine rings is 1. The molecule has 19 heavy (non-hydrogen) atoms. The van der Waals surface area contributed by atoms with Crippen LogP contribution in [0.1, 0.15) is 20.8 Å². The maximum absolute atomic E-state index is 11.4. The topological polar surface area (TPSA) is 63.2 Å². The number of alkyl carbamates (subject to hydrolysis) is 1. The molecule has 106 valence electrons. The van der Waals surface area contributed by atoms with E-state index in [2.05, 4.69) is 15.6 Å². The molecule has 0 saturated carbocycles. The lowest BCUT2D eigenvalue weighted by Gasteiger charge is -2.19. The fraction of sp³-hybridized carbons (Fsp3) is 0.500. The number of aromatic nitrogens is 1. The smallest absolute Gasteiger partial charge is 0.407 e. The van der Waals surface area contributed by atoms with Crippen LogP contribution in [0.4, 0.5) is 10.6 Å². The predicted molar refractivity (Wildman–Crippen MR) is 77.0 cm³/mol. The molecule has 0 fully saturated rings. The highest BCUT2D eigenvalue weighted by Gasteiger charge is 2.15. The van der Waals surface area contributed by atoms with Gasteiger partial charge >= 0.3 is 6.09 Å². The van der Waals surface area contributed by atoms with Crippen LogP contribution in [0.5, 0.6) is 0 Å². The van der Waals surface area contributed by atoms with Gasteiger partial charge in [-0.3, -0.25) is 0 Å². The normalized spacial score (nSPS) is 11.0. The average molecular weight is 306 g/mol. The number of hydrogen-bond donors (Lipinski definition) is 2. The lowest BCUT2D eigenvalue weighted by atomic mass is 10.2. The number of carbonyl (C=O) groups excluding carboxylic acids is 1. The summed E-state index contributed by atoms with van der Waals surface area (Å²) in [6.07, 6.45) is 1.04. The molecule has 1 aromatic heterocycles. The van der Waals surface area contributed by atoms with Crippen molar-refractivity contribution in [1.29, 1.82) is 0 Å². The number of carbonyl (C=O) groups is 1. The number of amides is 1. The lowest BCUT2D eigenvalue weighted by molar-refractivity contribution is 0.0530. The van der Waals surface area contributed by atoms with E-state index < -0.39 is 11.7 Å². The maximum atomic E-state index is 11.4. The zero-order valence-corrected chi connectivity index (χ0v) is 12.6. The van der Waals surface area contributed by atoms with Crippen molar-refractivity contribution in [3.05, 3.63) is 22.3 Å². The fourth-order valence-electron chi connectivity index (χ4n) is 1.20. The zero-order chi connectivity index (χ0) is 14.5. The Labute approximate surface area is 122 Å². The Kier molecular flexibility index (Phi) is 5.69. The van der Waals surface area contributed by atoms with Crippen LogP contribution in [0.3, 0.4) is 0 Å². The van der Waals surface area contributed by atoms with Gasteiger partial charge in [0.05, 0.1) is 10.0 Å². The van der Waals surface area contributed by atoms with E-state index in [1.165, 1.54) is 6.20 Å². The maximum Gasteiger partial charge on any atom is 0.407 e. The van der Waals surface area contributed by atoms with Gasteiger partial charge in [-0.05, 0) is 26.8 Å². The van der Waals surface area contributed by atoms with Crippen LogP contribution in [-0.4, -0.2) is 29.8 Å². The van der Waals surface area contributed by atoms with Gasteiger partial charge in [0.25, 0.3) is 0 Å². The van der Waals surface area contributed by atoms with Crippen molar-refractivity contribution < 1.29 is 9.53 Å². The second-order valence-electron chi connectivity index (χ2n) is 4.84. The minimum Gasteiger partial charge on any atom is -0.444 e. The second kappa shape index (κ2) is 6.82. The molecule has 2 N–H and O–H groups in total. The number of nitrogens with one attached hydrogen (secondary N) is 2. The number of halogens is 2. The lowest BCUT2D eigenvalue weighted by Crippen LogP contribution is -2.35. The Morgan fingerprint density at radius 1 is 1.37 bits per heavy atom. The molecule has 0 aromatic carbocycles. The molecule has 7 heteroatoms. The van der Waals surface area contributed by atoms with Crippen LogP contribution in [0.2, 0.25) is 10.0 Å². The first-order chi connectivity index (χ1) is 8.78. The largest absolute Gasteiger partial charge is 0.444 e. The number of hydrogen-bond acceptors (Lipinski definition) is 4. The molecule has 0 bridgehead atoms. The number of anilines is 1. The van der Waals surface area contributed by atoms with Gasteiger partial charge in [0.1, 0.15) is 11.4 Å². The van der Waals surface area contributed by atoms with Crippen LogP contribution in [-0.2, 0) is 4.74 Å². The van der Waals surface area contributed by atoms with Gasteiger partial charge in [0.15, 0.2) is 0 Å². The molecule has 1 amide bonds. The van der Waals surface area contributed by atoms with E-state index >= 15 is 0 Å². The highest BCUT2D eigenvalue weighted by molar-refractivity contribution is 6.35. The summed E-state index contributed by atoms with van der Waals surface area (Å²) < 4.78 is 5.09. The number of nitrogens with zero attached hydrogens (tertiary/aromatic N) is 1. The summed E-state index contributed by atoms with van der Waals surface area (Å²) in [5.74, 6) is 0.525. The van der Waals surface area contributed by atoms with Crippen LogP contribution >= 0.6 is 23.2 Å². The Morgan fingerprint density at radius 2 is 2.05 bits per heavy atom. The first kappa shape index (κ1) is 15.9. The van der Waals surface area contributed by atoms with E-state index in [4.69, 9.17) is 27.9 Å². The molecule has 0 radical (unpaired) electrons. The molecule has 0 saturated heterocycles. The summed E-state index contributed by atoms with van der Waals surface area (Å²) in [5.41, 5.74) is -0.501. The summed E-state index contributed by atoms with van der Waals surface area (Å²) in [6.45, 7) is 6.30. The quantitative estimate of drug-likeness (QED) is 0.838. The van der Waals surface area contributed by atoms with Crippen molar-refractivity contribution in [2.45, 2.75) is 26.4 Å². The minimum atomic E-state index is -0.501. The molecule has 0 aliphatic rings. The van der Waals surface area contributed by atoms with Gasteiger partial charge in [0, 0.05) is 19.3 Å². The summed E-state index contributed by atoms with van der Waals surface area (Å²) >= 11 is 11.7. The molecule has 0 unspecified atom stereocenters. The van der Waals surface area contributed by atoms with Crippen molar-refractivity contribution >= 4 is 35.1 Å². The molecule has 1 rings (SSSR count). The van der Waals surface area contributed by atoms with E-state index in [1.54, 1.807) is 6.07 Å². The van der Waals surface area contributed by atoms with Gasteiger partial charge in [0.2, 0.25) is 0 Å². The Morgan fingerprint density at radius 3 is 2.63 bits per heavy atom. The Balaban J connectivity index is 2.29. The summed E-state index contributed by atoms with van der Waals surface area (Å²) in [7, 11) is 0. The first-order valence-electron chi connectivity index (χ1n) is 5.80. The molecule has 0 atom stereocenters. The van der Waals surface area contributed by atoms with Crippen LogP contribution in [0.25, 0.3) is 0 Å². The number of ether oxygens (including phenoxy) is 1. The zero-order valence-electron chi connectivity index (χ0n) is 11.1. The highest BCUT2D eigenvalue weighted by atomic mass is 35.5. The van der Waals surface area contributed by atoms with Gasteiger partial charge in [-0.25, -0.2) is 9.78 Å². The Hall–Kier alpha value is -1.20. The van der Waals surface area contributed by atoms with E-state index in [9.17, 15) is 4.79 Å². The summed E-state index contributed by atoms with van der Waals surface area (Å²) in [5, 5.41) is 6.52. The van der Waals surface area contributed by atoms with E-state index in [-0.39, 0.29) is 0 Å². The monoisotopic (exact) mass is 305 g/mol. The number of rotatable bonds is 4. The second-order valence-corrected chi connectivity index (χ2v) is 5.68. The summed E-state index contributed by atoms with van der Waals surface area (Å²) in [4.78, 5) is 15.4. The standard InChI is InChI=1S/C12H17Cl2N3O2/c1-12(2,3)19-11(18)16-5-4-15-10-9(14)6-8(13)7-17-10/h6-7H,4-5H2,1-3H3,(H,15,17)(H,16,18). The molecule has 0 aliphatic heterocycles. The minimum absolute atomic E-state index is 0.398. The molecule has 1 aromatic rings. The Bertz CT molecular complexity index is 447. The van der Waals surface area contributed by atoms with Crippen molar-refractivity contribution in [3.63, 3.8) is 0 Å². The molecular formula is C12H17Cl2N3O2. The SMILES string of the molecule is CC(C)(C)OC(=O)NCCNc1ncc(Cl)cc1Cl. The van der Waals surface area contributed by atoms with Gasteiger partial charge in [-0.2, -0.15) is 0 Å². The third-order valence-corrected chi connectivity index (χ3v) is 2.39. The van der Waals surface area contributed by atoms with Crippen LogP contribution < -0.4 is 10.6 Å². The van der Waals surface area contributed by atoms with Crippen LogP contribution in [0, 0.1) is 0 Å². The molecule has 0 spiro atoms. The van der Waals surface area contributed by atoms with Gasteiger partial charge < -0.3 is 15.4 Å². The first-order valence-corrected chi connectivity index (χ1v) is 6.55. The van der Waals surface area contributed by atoms with Crippen LogP contribution in [0.15, 0.2) is 12.3 Å². The van der Waals surface area contributed by atoms with Crippen molar-refractivity contribution in [2.24, 2.45) is 0 Å². The van der Waals surface area contributed by atoms with E-state index in [0.717, 1.165) is 0 Å². The fourth-order valence-corrected chi connectivity index (χ4v) is 1.65. The molecule has 1 heterocycles. The molecule has 5 nitrogen and oxygen atoms in total. The predicted octanol–water partition coefficient (Wildman–Crippen LogP) is 3.33. The van der Waals surface area contributed by atoms with Crippen molar-refractivity contribution in [2.75, 3.05) is 18.4 Å². The van der Waals surface area contributed by atoms with Gasteiger partial charge in [-0.15, -0.1) is 0 Å². The van der Waals surface area contributed by atoms with E-state index in [0.29, 0.717) is 29.0 Å². The highest BCUT2D eigenvalue weighted by Crippen LogP contribution is 2.21. The van der Waals surface area contributed by atoms with Crippen molar-refractivity contribution in [3.8, 4) is 0 Å². The van der Waals surface area contributed by atoms with E-state index in [1.807, 2.05) is 20.8 Å². The molecule has 0 aliphatic carbocycles. The third kappa shape index (κ3) is 6.50. The molecular weight excluding hydrogens is 289 g/mol.